The molecular formula is C18H19N5O4S. The number of fused-ring (bicyclic) bond motifs is 2. The van der Waals surface area contributed by atoms with Crippen LogP contribution in [0.25, 0.3) is 11.2 Å². The first-order chi connectivity index (χ1) is 13.6. The van der Waals surface area contributed by atoms with Crippen molar-refractivity contribution in [2.75, 3.05) is 25.6 Å². The maximum atomic E-state index is 11.0. The second kappa shape index (κ2) is 7.93. The van der Waals surface area contributed by atoms with E-state index in [2.05, 4.69) is 15.0 Å². The number of anilines is 1. The largest absolute Gasteiger partial charge is 0.486 e. The molecule has 3 heterocycles. The number of nitrogens with two attached hydrogens (primary N) is 1. The van der Waals surface area contributed by atoms with E-state index >= 15 is 0 Å². The summed E-state index contributed by atoms with van der Waals surface area (Å²) in [5, 5.41) is 0.724. The number of esters is 1. The van der Waals surface area contributed by atoms with Gasteiger partial charge in [-0.2, -0.15) is 0 Å². The number of aryl methyl sites for hydroxylation is 1. The van der Waals surface area contributed by atoms with Crippen molar-refractivity contribution in [1.29, 1.82) is 0 Å². The van der Waals surface area contributed by atoms with Crippen molar-refractivity contribution in [3.05, 3.63) is 24.5 Å². The second-order valence-corrected chi connectivity index (χ2v) is 7.12. The van der Waals surface area contributed by atoms with E-state index in [-0.39, 0.29) is 5.97 Å². The molecule has 0 radical (unpaired) electrons. The molecule has 10 heteroatoms. The van der Waals surface area contributed by atoms with Gasteiger partial charge in [0.25, 0.3) is 0 Å². The molecule has 0 amide bonds. The number of nitrogens with zero attached hydrogens (tertiary/aromatic N) is 4. The Morgan fingerprint density at radius 2 is 2.11 bits per heavy atom. The van der Waals surface area contributed by atoms with Gasteiger partial charge in [0.2, 0.25) is 0 Å². The van der Waals surface area contributed by atoms with Gasteiger partial charge in [-0.1, -0.05) is 11.8 Å². The van der Waals surface area contributed by atoms with Crippen LogP contribution in [0, 0.1) is 0 Å². The van der Waals surface area contributed by atoms with Crippen LogP contribution >= 0.6 is 11.8 Å². The molecule has 0 saturated carbocycles. The molecule has 28 heavy (non-hydrogen) atoms. The highest BCUT2D eigenvalue weighted by Gasteiger charge is 2.18. The molecule has 3 aromatic rings. The summed E-state index contributed by atoms with van der Waals surface area (Å²) in [6.07, 6.45) is 2.05. The number of aromatic nitrogens is 4. The molecular weight excluding hydrogens is 382 g/mol. The third-order valence-electron chi connectivity index (χ3n) is 4.08. The number of imidazole rings is 1. The van der Waals surface area contributed by atoms with Gasteiger partial charge < -0.3 is 24.5 Å². The Morgan fingerprint density at radius 3 is 2.93 bits per heavy atom. The molecule has 0 fully saturated rings. The highest BCUT2D eigenvalue weighted by Crippen LogP contribution is 2.37. The Labute approximate surface area is 165 Å². The first kappa shape index (κ1) is 18.4. The van der Waals surface area contributed by atoms with Crippen molar-refractivity contribution in [2.45, 2.75) is 29.9 Å². The van der Waals surface area contributed by atoms with E-state index in [1.165, 1.54) is 25.0 Å². The number of nitrogen functional groups attached to an aromatic ring is 1. The number of carbonyl (C=O) groups excluding carboxylic acids is 1. The van der Waals surface area contributed by atoms with E-state index in [0.29, 0.717) is 55.5 Å². The monoisotopic (exact) mass is 401 g/mol. The highest BCUT2D eigenvalue weighted by atomic mass is 32.2. The Balaban J connectivity index is 1.62. The first-order valence-electron chi connectivity index (χ1n) is 8.79. The van der Waals surface area contributed by atoms with Gasteiger partial charge in [-0.15, -0.1) is 0 Å². The van der Waals surface area contributed by atoms with Gasteiger partial charge in [0, 0.05) is 18.4 Å². The maximum absolute atomic E-state index is 11.0. The third-order valence-corrected chi connectivity index (χ3v) is 5.06. The molecule has 0 spiro atoms. The molecule has 0 bridgehead atoms. The van der Waals surface area contributed by atoms with Gasteiger partial charge in [-0.05, 0) is 24.6 Å². The van der Waals surface area contributed by atoms with E-state index < -0.39 is 0 Å². The molecule has 1 aromatic carbocycles. The third kappa shape index (κ3) is 3.81. The van der Waals surface area contributed by atoms with Crippen LogP contribution < -0.4 is 15.2 Å². The predicted molar refractivity (Wildman–Crippen MR) is 103 cm³/mol. The second-order valence-electron chi connectivity index (χ2n) is 6.08. The molecule has 146 valence electrons. The summed E-state index contributed by atoms with van der Waals surface area (Å²) in [5.41, 5.74) is 7.17. The summed E-state index contributed by atoms with van der Waals surface area (Å²) in [5.74, 6) is 1.48. The zero-order valence-electron chi connectivity index (χ0n) is 15.3. The van der Waals surface area contributed by atoms with Gasteiger partial charge >= 0.3 is 5.97 Å². The predicted octanol–water partition coefficient (Wildman–Crippen LogP) is 2.28. The van der Waals surface area contributed by atoms with Crippen molar-refractivity contribution in [2.24, 2.45) is 0 Å². The Hall–Kier alpha value is -3.01. The van der Waals surface area contributed by atoms with Gasteiger partial charge in [-0.3, -0.25) is 4.79 Å². The molecule has 4 rings (SSSR count). The zero-order chi connectivity index (χ0) is 19.5. The topological polar surface area (TPSA) is 114 Å². The first-order valence-corrected chi connectivity index (χ1v) is 9.61. The van der Waals surface area contributed by atoms with Gasteiger partial charge in [0.05, 0.1) is 6.61 Å². The lowest BCUT2D eigenvalue weighted by atomic mass is 10.3. The average molecular weight is 401 g/mol. The van der Waals surface area contributed by atoms with E-state index in [9.17, 15) is 4.79 Å². The van der Waals surface area contributed by atoms with Crippen LogP contribution in [-0.2, 0) is 16.1 Å². The van der Waals surface area contributed by atoms with Crippen LogP contribution in [0.1, 0.15) is 13.3 Å². The van der Waals surface area contributed by atoms with E-state index in [0.717, 1.165) is 15.8 Å². The number of carbonyl (C=O) groups is 1. The molecule has 0 atom stereocenters. The summed E-state index contributed by atoms with van der Waals surface area (Å²) >= 11 is 1.47. The normalized spacial score (nSPS) is 12.9. The van der Waals surface area contributed by atoms with Gasteiger partial charge in [-0.25, -0.2) is 15.0 Å². The van der Waals surface area contributed by atoms with Crippen LogP contribution in [-0.4, -0.2) is 45.3 Å². The smallest absolute Gasteiger partial charge is 0.302 e. The van der Waals surface area contributed by atoms with Crippen LogP contribution in [0.5, 0.6) is 11.5 Å². The maximum Gasteiger partial charge on any atom is 0.302 e. The van der Waals surface area contributed by atoms with Gasteiger partial charge in [0.15, 0.2) is 33.6 Å². The average Bonchev–Trinajstić information content (AvgIpc) is 3.03. The number of benzene rings is 1. The molecule has 0 unspecified atom stereocenters. The minimum atomic E-state index is -0.298. The number of hydrogen-bond donors (Lipinski definition) is 1. The van der Waals surface area contributed by atoms with E-state index in [1.807, 2.05) is 22.8 Å². The van der Waals surface area contributed by atoms with Crippen LogP contribution in [0.15, 0.2) is 34.6 Å². The zero-order valence-corrected chi connectivity index (χ0v) is 16.1. The van der Waals surface area contributed by atoms with E-state index in [4.69, 9.17) is 19.9 Å². The van der Waals surface area contributed by atoms with Crippen LogP contribution in [0.3, 0.4) is 0 Å². The summed E-state index contributed by atoms with van der Waals surface area (Å²) in [6.45, 7) is 3.37. The van der Waals surface area contributed by atoms with Crippen molar-refractivity contribution < 1.29 is 19.0 Å². The fourth-order valence-electron chi connectivity index (χ4n) is 2.84. The quantitative estimate of drug-likeness (QED) is 0.491. The Kier molecular flexibility index (Phi) is 5.20. The standard InChI is InChI=1S/C18H19N5O4S/c1-11(24)25-6-2-5-23-17-15(16(19)20-10-21-17)22-18(23)28-12-3-4-13-14(9-12)27-8-7-26-13/h3-4,9-10H,2,5-8H2,1H3,(H2,19,20,21). The van der Waals surface area contributed by atoms with Crippen molar-refractivity contribution in [3.8, 4) is 11.5 Å². The summed E-state index contributed by atoms with van der Waals surface area (Å²) in [6, 6.07) is 5.77. The van der Waals surface area contributed by atoms with E-state index in [1.54, 1.807) is 0 Å². The minimum Gasteiger partial charge on any atom is -0.486 e. The fraction of sp³-hybridized carbons (Fsp3) is 0.333. The molecule has 1 aliphatic heterocycles. The van der Waals surface area contributed by atoms with Crippen molar-refractivity contribution in [3.63, 3.8) is 0 Å². The number of hydrogen-bond acceptors (Lipinski definition) is 9. The molecule has 1 aliphatic rings. The molecule has 9 nitrogen and oxygen atoms in total. The molecule has 2 N–H and O–H groups in total. The molecule has 2 aromatic heterocycles. The van der Waals surface area contributed by atoms with Crippen LogP contribution in [0.4, 0.5) is 5.82 Å². The molecule has 0 saturated heterocycles. The Morgan fingerprint density at radius 1 is 1.29 bits per heavy atom. The lowest BCUT2D eigenvalue weighted by Gasteiger charge is -2.18. The highest BCUT2D eigenvalue weighted by molar-refractivity contribution is 7.99. The lowest BCUT2D eigenvalue weighted by molar-refractivity contribution is -0.141. The molecule has 0 aliphatic carbocycles. The summed E-state index contributed by atoms with van der Waals surface area (Å²) < 4.78 is 18.2. The summed E-state index contributed by atoms with van der Waals surface area (Å²) in [7, 11) is 0. The number of rotatable bonds is 6. The summed E-state index contributed by atoms with van der Waals surface area (Å²) in [4.78, 5) is 24.9. The van der Waals surface area contributed by atoms with Gasteiger partial charge in [0.1, 0.15) is 19.5 Å². The SMILES string of the molecule is CC(=O)OCCCn1c(Sc2ccc3c(c2)OCCO3)nc2c(N)ncnc21. The lowest BCUT2D eigenvalue weighted by Crippen LogP contribution is -2.15. The fourth-order valence-corrected chi connectivity index (χ4v) is 3.78. The van der Waals surface area contributed by atoms with Crippen molar-refractivity contribution in [1.82, 2.24) is 19.5 Å². The van der Waals surface area contributed by atoms with Crippen molar-refractivity contribution >= 4 is 34.7 Å². The Bertz CT molecular complexity index is 1020. The number of ether oxygens (including phenoxy) is 3. The van der Waals surface area contributed by atoms with Crippen LogP contribution in [0.2, 0.25) is 0 Å². The minimum absolute atomic E-state index is 0.298.